The summed E-state index contributed by atoms with van der Waals surface area (Å²) in [4.78, 5) is 8.30. The van der Waals surface area contributed by atoms with Gasteiger partial charge < -0.3 is 19.5 Å². The van der Waals surface area contributed by atoms with Crippen LogP contribution in [-0.2, 0) is 0 Å². The molecule has 0 atom stereocenters. The summed E-state index contributed by atoms with van der Waals surface area (Å²) in [7, 11) is 1.57. The average Bonchev–Trinajstić information content (AvgIpc) is 2.47. The van der Waals surface area contributed by atoms with E-state index in [1.165, 1.54) is 0 Å². The van der Waals surface area contributed by atoms with Crippen LogP contribution in [0.2, 0.25) is 0 Å². The third kappa shape index (κ3) is 2.52. The van der Waals surface area contributed by atoms with E-state index < -0.39 is 0 Å². The van der Waals surface area contributed by atoms with Crippen molar-refractivity contribution in [1.82, 2.24) is 9.97 Å². The van der Waals surface area contributed by atoms with Crippen molar-refractivity contribution in [3.8, 4) is 17.4 Å². The number of hydrogen-bond acceptors (Lipinski definition) is 6. The highest BCUT2D eigenvalue weighted by atomic mass is 16.6. The first-order chi connectivity index (χ1) is 9.35. The molecule has 3 rings (SSSR count). The van der Waals surface area contributed by atoms with Crippen LogP contribution < -0.4 is 19.5 Å². The van der Waals surface area contributed by atoms with Crippen LogP contribution in [0.5, 0.6) is 17.4 Å². The number of nitrogens with one attached hydrogen (secondary N) is 1. The maximum Gasteiger partial charge on any atom is 0.230 e. The third-order valence-electron chi connectivity index (χ3n) is 2.64. The molecule has 0 aliphatic carbocycles. The molecule has 98 valence electrons. The molecular weight excluding hydrogens is 246 g/mol. The minimum atomic E-state index is 0.469. The predicted octanol–water partition coefficient (Wildman–Crippen LogP) is 2.00. The number of anilines is 2. The van der Waals surface area contributed by atoms with Gasteiger partial charge in [-0.15, -0.1) is 0 Å². The van der Waals surface area contributed by atoms with Crippen molar-refractivity contribution < 1.29 is 14.2 Å². The van der Waals surface area contributed by atoms with Crippen molar-refractivity contribution in [2.45, 2.75) is 0 Å². The highest BCUT2D eigenvalue weighted by Crippen LogP contribution is 2.33. The summed E-state index contributed by atoms with van der Waals surface area (Å²) < 4.78 is 16.0. The highest BCUT2D eigenvalue weighted by Gasteiger charge is 2.12. The van der Waals surface area contributed by atoms with E-state index >= 15 is 0 Å². The van der Waals surface area contributed by atoms with Gasteiger partial charge in [-0.3, -0.25) is 0 Å². The van der Waals surface area contributed by atoms with Crippen LogP contribution in [-0.4, -0.2) is 30.3 Å². The van der Waals surface area contributed by atoms with Crippen LogP contribution in [0.15, 0.2) is 30.5 Å². The van der Waals surface area contributed by atoms with E-state index in [0.29, 0.717) is 25.0 Å². The van der Waals surface area contributed by atoms with E-state index in [9.17, 15) is 0 Å². The van der Waals surface area contributed by atoms with Gasteiger partial charge in [0.25, 0.3) is 0 Å². The first-order valence-corrected chi connectivity index (χ1v) is 5.89. The Morgan fingerprint density at radius 3 is 2.84 bits per heavy atom. The zero-order valence-electron chi connectivity index (χ0n) is 10.4. The van der Waals surface area contributed by atoms with Gasteiger partial charge in [-0.1, -0.05) is 0 Å². The molecule has 2 aromatic rings. The van der Waals surface area contributed by atoms with Crippen molar-refractivity contribution in [2.24, 2.45) is 0 Å². The summed E-state index contributed by atoms with van der Waals surface area (Å²) in [6.07, 6.45) is 1.63. The number of fused-ring (bicyclic) bond motifs is 1. The van der Waals surface area contributed by atoms with Gasteiger partial charge in [-0.05, 0) is 12.1 Å². The molecule has 1 aliphatic rings. The molecule has 0 unspecified atom stereocenters. The largest absolute Gasteiger partial charge is 0.486 e. The molecular formula is C13H13N3O3. The van der Waals surface area contributed by atoms with E-state index in [1.54, 1.807) is 19.4 Å². The van der Waals surface area contributed by atoms with Crippen LogP contribution in [0.3, 0.4) is 0 Å². The lowest BCUT2D eigenvalue weighted by Crippen LogP contribution is -2.15. The molecule has 6 nitrogen and oxygen atoms in total. The third-order valence-corrected chi connectivity index (χ3v) is 2.64. The number of hydrogen-bond donors (Lipinski definition) is 1. The molecule has 2 heterocycles. The average molecular weight is 259 g/mol. The minimum Gasteiger partial charge on any atom is -0.486 e. The Bertz CT molecular complexity index is 589. The van der Waals surface area contributed by atoms with Crippen LogP contribution in [0.1, 0.15) is 0 Å². The van der Waals surface area contributed by atoms with Crippen LogP contribution in [0.25, 0.3) is 0 Å². The van der Waals surface area contributed by atoms with Gasteiger partial charge in [0, 0.05) is 24.0 Å². The molecule has 1 N–H and O–H groups in total. The summed E-state index contributed by atoms with van der Waals surface area (Å²) in [6, 6.07) is 7.29. The Morgan fingerprint density at radius 2 is 2.00 bits per heavy atom. The lowest BCUT2D eigenvalue weighted by molar-refractivity contribution is 0.171. The lowest BCUT2D eigenvalue weighted by Gasteiger charge is -2.19. The quantitative estimate of drug-likeness (QED) is 0.909. The minimum absolute atomic E-state index is 0.469. The van der Waals surface area contributed by atoms with Crippen molar-refractivity contribution in [3.63, 3.8) is 0 Å². The van der Waals surface area contributed by atoms with Crippen molar-refractivity contribution >= 4 is 11.6 Å². The summed E-state index contributed by atoms with van der Waals surface area (Å²) in [5.41, 5.74) is 0.831. The van der Waals surface area contributed by atoms with E-state index in [2.05, 4.69) is 15.3 Å². The second-order valence-corrected chi connectivity index (χ2v) is 3.91. The van der Waals surface area contributed by atoms with Crippen molar-refractivity contribution in [1.29, 1.82) is 0 Å². The maximum atomic E-state index is 5.52. The van der Waals surface area contributed by atoms with Gasteiger partial charge in [-0.25, -0.2) is 4.98 Å². The van der Waals surface area contributed by atoms with E-state index in [-0.39, 0.29) is 0 Å². The van der Waals surface area contributed by atoms with E-state index in [4.69, 9.17) is 14.2 Å². The molecule has 0 saturated carbocycles. The lowest BCUT2D eigenvalue weighted by atomic mass is 10.2. The molecule has 1 aromatic carbocycles. The molecule has 0 fully saturated rings. The van der Waals surface area contributed by atoms with Gasteiger partial charge in [0.05, 0.1) is 7.11 Å². The fraction of sp³-hybridized carbons (Fsp3) is 0.231. The smallest absolute Gasteiger partial charge is 0.230 e. The Balaban J connectivity index is 1.82. The second-order valence-electron chi connectivity index (χ2n) is 3.91. The van der Waals surface area contributed by atoms with Crippen LogP contribution in [0, 0.1) is 0 Å². The molecule has 0 spiro atoms. The van der Waals surface area contributed by atoms with Crippen molar-refractivity contribution in [2.75, 3.05) is 25.6 Å². The SMILES string of the molecule is COc1ccnc(Nc2ccc3c(c2)OCCO3)n1. The van der Waals surface area contributed by atoms with Gasteiger partial charge in [0.1, 0.15) is 13.2 Å². The zero-order chi connectivity index (χ0) is 13.1. The summed E-state index contributed by atoms with van der Waals surface area (Å²) >= 11 is 0. The number of aromatic nitrogens is 2. The number of methoxy groups -OCH3 is 1. The zero-order valence-corrected chi connectivity index (χ0v) is 10.4. The Kier molecular flexibility index (Phi) is 3.06. The van der Waals surface area contributed by atoms with Gasteiger partial charge >= 0.3 is 0 Å². The predicted molar refractivity (Wildman–Crippen MR) is 69.3 cm³/mol. The Labute approximate surface area is 110 Å². The topological polar surface area (TPSA) is 65.5 Å². The van der Waals surface area contributed by atoms with Gasteiger partial charge in [0.15, 0.2) is 11.5 Å². The standard InChI is InChI=1S/C13H13N3O3/c1-17-12-4-5-14-13(16-12)15-9-2-3-10-11(8-9)19-7-6-18-10/h2-5,8H,6-7H2,1H3,(H,14,15,16). The summed E-state index contributed by atoms with van der Waals surface area (Å²) in [5, 5.41) is 3.09. The van der Waals surface area contributed by atoms with Crippen LogP contribution in [0.4, 0.5) is 11.6 Å². The number of ether oxygens (including phenoxy) is 3. The first-order valence-electron chi connectivity index (χ1n) is 5.89. The van der Waals surface area contributed by atoms with Gasteiger partial charge in [0.2, 0.25) is 11.8 Å². The second kappa shape index (κ2) is 5.01. The number of rotatable bonds is 3. The first kappa shape index (κ1) is 11.6. The highest BCUT2D eigenvalue weighted by molar-refractivity contribution is 5.60. The molecule has 1 aliphatic heterocycles. The number of benzene rings is 1. The molecule has 1 aromatic heterocycles. The van der Waals surface area contributed by atoms with E-state index in [0.717, 1.165) is 17.2 Å². The summed E-state index contributed by atoms with van der Waals surface area (Å²) in [5.74, 6) is 2.45. The Morgan fingerprint density at radius 1 is 1.16 bits per heavy atom. The molecule has 0 saturated heterocycles. The molecule has 0 amide bonds. The van der Waals surface area contributed by atoms with Gasteiger partial charge in [-0.2, -0.15) is 4.98 Å². The molecule has 0 radical (unpaired) electrons. The molecule has 6 heteroatoms. The fourth-order valence-corrected chi connectivity index (χ4v) is 1.77. The monoisotopic (exact) mass is 259 g/mol. The van der Waals surface area contributed by atoms with E-state index in [1.807, 2.05) is 18.2 Å². The summed E-state index contributed by atoms with van der Waals surface area (Å²) in [6.45, 7) is 1.14. The van der Waals surface area contributed by atoms with Crippen LogP contribution >= 0.6 is 0 Å². The Hall–Kier alpha value is -2.50. The number of nitrogens with zero attached hydrogens (tertiary/aromatic N) is 2. The molecule has 19 heavy (non-hydrogen) atoms. The maximum absolute atomic E-state index is 5.52. The fourth-order valence-electron chi connectivity index (χ4n) is 1.77. The van der Waals surface area contributed by atoms with Crippen molar-refractivity contribution in [3.05, 3.63) is 30.5 Å². The normalized spacial score (nSPS) is 12.9. The molecule has 0 bridgehead atoms.